The summed E-state index contributed by atoms with van der Waals surface area (Å²) in [4.78, 5) is 39.9. The maximum absolute atomic E-state index is 12.8. The second-order valence-corrected chi connectivity index (χ2v) is 6.58. The van der Waals surface area contributed by atoms with Gasteiger partial charge in [-0.3, -0.25) is 18.7 Å². The minimum atomic E-state index is -0.540. The molecule has 0 radical (unpaired) electrons. The number of anilines is 2. The fourth-order valence-corrected chi connectivity index (χ4v) is 3.00. The molecule has 0 saturated carbocycles. The van der Waals surface area contributed by atoms with Crippen LogP contribution in [0.25, 0.3) is 10.9 Å². The van der Waals surface area contributed by atoms with Gasteiger partial charge >= 0.3 is 5.69 Å². The van der Waals surface area contributed by atoms with Gasteiger partial charge in [-0.05, 0) is 36.4 Å². The molecule has 3 rings (SSSR count). The minimum absolute atomic E-state index is 0.0795. The lowest BCUT2D eigenvalue weighted by Gasteiger charge is -2.14. The van der Waals surface area contributed by atoms with Gasteiger partial charge < -0.3 is 10.2 Å². The standard InChI is InChI=1S/C21H22N4O3/c1-4-13-24-20(27)17-7-5-6-8-18(17)25(21(24)28)14-19(26)22-15-9-11-16(12-10-15)23(2)3/h4-12H,1,13-14H2,2-3H3,(H,22,26). The summed E-state index contributed by atoms with van der Waals surface area (Å²) < 4.78 is 2.39. The normalized spacial score (nSPS) is 10.6. The van der Waals surface area contributed by atoms with E-state index in [0.29, 0.717) is 16.6 Å². The highest BCUT2D eigenvalue weighted by Gasteiger charge is 2.14. The zero-order valence-electron chi connectivity index (χ0n) is 15.9. The Morgan fingerprint density at radius 3 is 2.39 bits per heavy atom. The van der Waals surface area contributed by atoms with E-state index in [9.17, 15) is 14.4 Å². The van der Waals surface area contributed by atoms with E-state index in [1.807, 2.05) is 31.1 Å². The largest absolute Gasteiger partial charge is 0.378 e. The summed E-state index contributed by atoms with van der Waals surface area (Å²) in [6.07, 6.45) is 1.48. The van der Waals surface area contributed by atoms with Crippen molar-refractivity contribution in [3.05, 3.63) is 82.0 Å². The highest BCUT2D eigenvalue weighted by atomic mass is 16.2. The molecule has 0 spiro atoms. The molecule has 2 aromatic carbocycles. The Morgan fingerprint density at radius 2 is 1.75 bits per heavy atom. The summed E-state index contributed by atoms with van der Waals surface area (Å²) in [5.74, 6) is -0.353. The summed E-state index contributed by atoms with van der Waals surface area (Å²) in [7, 11) is 3.87. The minimum Gasteiger partial charge on any atom is -0.378 e. The molecule has 1 aromatic heterocycles. The molecular formula is C21H22N4O3. The van der Waals surface area contributed by atoms with Crippen LogP contribution in [0.1, 0.15) is 0 Å². The third-order valence-electron chi connectivity index (χ3n) is 4.41. The summed E-state index contributed by atoms with van der Waals surface area (Å²) in [6.45, 7) is 3.47. The smallest absolute Gasteiger partial charge is 0.332 e. The van der Waals surface area contributed by atoms with Crippen LogP contribution < -0.4 is 21.5 Å². The number of rotatable bonds is 6. The first-order valence-corrected chi connectivity index (χ1v) is 8.83. The number of hydrogen-bond acceptors (Lipinski definition) is 4. The van der Waals surface area contributed by atoms with E-state index in [0.717, 1.165) is 10.3 Å². The molecule has 1 heterocycles. The molecule has 0 saturated heterocycles. The first-order chi connectivity index (χ1) is 13.4. The number of amides is 1. The topological polar surface area (TPSA) is 76.3 Å². The van der Waals surface area contributed by atoms with Crippen LogP contribution in [-0.2, 0) is 17.9 Å². The highest BCUT2D eigenvalue weighted by molar-refractivity contribution is 5.91. The van der Waals surface area contributed by atoms with Gasteiger partial charge in [0.05, 0.1) is 10.9 Å². The molecule has 0 unspecified atom stereocenters. The van der Waals surface area contributed by atoms with E-state index in [-0.39, 0.29) is 19.0 Å². The molecule has 7 heteroatoms. The second kappa shape index (κ2) is 7.96. The lowest BCUT2D eigenvalue weighted by molar-refractivity contribution is -0.116. The molecule has 28 heavy (non-hydrogen) atoms. The van der Waals surface area contributed by atoms with E-state index in [2.05, 4.69) is 11.9 Å². The van der Waals surface area contributed by atoms with Gasteiger partial charge in [-0.15, -0.1) is 6.58 Å². The number of nitrogens with one attached hydrogen (secondary N) is 1. The number of hydrogen-bond donors (Lipinski definition) is 1. The fourth-order valence-electron chi connectivity index (χ4n) is 3.00. The number of carbonyl (C=O) groups excluding carboxylic acids is 1. The Bertz CT molecular complexity index is 1140. The number of nitrogens with zero attached hydrogens (tertiary/aromatic N) is 3. The SMILES string of the molecule is C=CCn1c(=O)c2ccccc2n(CC(=O)Nc2ccc(N(C)C)cc2)c1=O. The predicted molar refractivity (Wildman–Crippen MR) is 112 cm³/mol. The van der Waals surface area contributed by atoms with Crippen LogP contribution in [0, 0.1) is 0 Å². The van der Waals surface area contributed by atoms with Crippen molar-refractivity contribution in [3.8, 4) is 0 Å². The van der Waals surface area contributed by atoms with Crippen molar-refractivity contribution in [3.63, 3.8) is 0 Å². The van der Waals surface area contributed by atoms with E-state index in [1.165, 1.54) is 10.6 Å². The molecule has 7 nitrogen and oxygen atoms in total. The van der Waals surface area contributed by atoms with Crippen molar-refractivity contribution in [2.24, 2.45) is 0 Å². The molecule has 0 fully saturated rings. The van der Waals surface area contributed by atoms with Gasteiger partial charge in [-0.2, -0.15) is 0 Å². The summed E-state index contributed by atoms with van der Waals surface area (Å²) >= 11 is 0. The van der Waals surface area contributed by atoms with Crippen LogP contribution in [0.15, 0.2) is 70.8 Å². The molecule has 3 aromatic rings. The van der Waals surface area contributed by atoms with Gasteiger partial charge in [0.2, 0.25) is 5.91 Å². The molecule has 0 aliphatic rings. The zero-order chi connectivity index (χ0) is 20.3. The summed E-state index contributed by atoms with van der Waals surface area (Å²) in [5, 5.41) is 3.17. The number of allylic oxidation sites excluding steroid dienone is 1. The number of carbonyl (C=O) groups is 1. The Hall–Kier alpha value is -3.61. The fraction of sp³-hybridized carbons (Fsp3) is 0.190. The lowest BCUT2D eigenvalue weighted by atomic mass is 10.2. The van der Waals surface area contributed by atoms with Crippen molar-refractivity contribution in [1.82, 2.24) is 9.13 Å². The first-order valence-electron chi connectivity index (χ1n) is 8.83. The highest BCUT2D eigenvalue weighted by Crippen LogP contribution is 2.16. The molecule has 0 atom stereocenters. The Labute approximate surface area is 162 Å². The predicted octanol–water partition coefficient (Wildman–Crippen LogP) is 2.05. The van der Waals surface area contributed by atoms with Crippen molar-refractivity contribution < 1.29 is 4.79 Å². The van der Waals surface area contributed by atoms with Gasteiger partial charge in [0.1, 0.15) is 6.54 Å². The third-order valence-corrected chi connectivity index (χ3v) is 4.41. The average molecular weight is 378 g/mol. The van der Waals surface area contributed by atoms with Gasteiger partial charge in [0.25, 0.3) is 5.56 Å². The average Bonchev–Trinajstić information content (AvgIpc) is 2.69. The Morgan fingerprint density at radius 1 is 1.07 bits per heavy atom. The van der Waals surface area contributed by atoms with Crippen LogP contribution in [0.5, 0.6) is 0 Å². The van der Waals surface area contributed by atoms with Gasteiger partial charge in [-0.25, -0.2) is 4.79 Å². The van der Waals surface area contributed by atoms with Gasteiger partial charge in [-0.1, -0.05) is 18.2 Å². The quantitative estimate of drug-likeness (QED) is 0.666. The number of aromatic nitrogens is 2. The number of benzene rings is 2. The van der Waals surface area contributed by atoms with Crippen molar-refractivity contribution >= 4 is 28.2 Å². The second-order valence-electron chi connectivity index (χ2n) is 6.58. The Kier molecular flexibility index (Phi) is 5.44. The van der Waals surface area contributed by atoms with Crippen molar-refractivity contribution in [2.45, 2.75) is 13.1 Å². The van der Waals surface area contributed by atoms with Gasteiger partial charge in [0, 0.05) is 32.0 Å². The maximum atomic E-state index is 12.8. The van der Waals surface area contributed by atoms with E-state index in [1.54, 1.807) is 36.4 Å². The summed E-state index contributed by atoms with van der Waals surface area (Å²) in [5.41, 5.74) is 1.14. The molecule has 144 valence electrons. The van der Waals surface area contributed by atoms with Gasteiger partial charge in [0.15, 0.2) is 0 Å². The molecule has 0 aliphatic heterocycles. The van der Waals surface area contributed by atoms with E-state index >= 15 is 0 Å². The molecular weight excluding hydrogens is 356 g/mol. The van der Waals surface area contributed by atoms with E-state index < -0.39 is 11.2 Å². The number of fused-ring (bicyclic) bond motifs is 1. The monoisotopic (exact) mass is 378 g/mol. The van der Waals surface area contributed by atoms with Crippen LogP contribution in [0.2, 0.25) is 0 Å². The van der Waals surface area contributed by atoms with Crippen LogP contribution >= 0.6 is 0 Å². The molecule has 1 N–H and O–H groups in total. The zero-order valence-corrected chi connectivity index (χ0v) is 15.9. The first kappa shape index (κ1) is 19.2. The van der Waals surface area contributed by atoms with Crippen LogP contribution in [0.4, 0.5) is 11.4 Å². The number of para-hydroxylation sites is 1. The molecule has 0 aliphatic carbocycles. The maximum Gasteiger partial charge on any atom is 0.332 e. The Balaban J connectivity index is 1.95. The van der Waals surface area contributed by atoms with Crippen LogP contribution in [0.3, 0.4) is 0 Å². The van der Waals surface area contributed by atoms with Crippen molar-refractivity contribution in [1.29, 1.82) is 0 Å². The lowest BCUT2D eigenvalue weighted by Crippen LogP contribution is -2.41. The van der Waals surface area contributed by atoms with Crippen molar-refractivity contribution in [2.75, 3.05) is 24.3 Å². The van der Waals surface area contributed by atoms with E-state index in [4.69, 9.17) is 0 Å². The third kappa shape index (κ3) is 3.73. The molecule has 0 bridgehead atoms. The summed E-state index contributed by atoms with van der Waals surface area (Å²) in [6, 6.07) is 14.1. The van der Waals surface area contributed by atoms with Crippen LogP contribution in [-0.4, -0.2) is 29.1 Å². The molecule has 1 amide bonds.